The number of para-hydroxylation sites is 1. The quantitative estimate of drug-likeness (QED) is 0.897. The van der Waals surface area contributed by atoms with Gasteiger partial charge in [-0.15, -0.1) is 0 Å². The molecule has 0 saturated heterocycles. The third-order valence-corrected chi connectivity index (χ3v) is 3.99. The molecule has 0 amide bonds. The van der Waals surface area contributed by atoms with Crippen molar-refractivity contribution in [3.05, 3.63) is 41.3 Å². The highest BCUT2D eigenvalue weighted by atomic mass is 16.7. The van der Waals surface area contributed by atoms with E-state index < -0.39 is 0 Å². The molecule has 0 aliphatic carbocycles. The van der Waals surface area contributed by atoms with Gasteiger partial charge in [0.05, 0.1) is 5.69 Å². The Bertz CT molecular complexity index is 689. The number of nitrogens with zero attached hydrogens (tertiary/aromatic N) is 3. The van der Waals surface area contributed by atoms with Crippen LogP contribution in [0.15, 0.2) is 24.5 Å². The van der Waals surface area contributed by atoms with E-state index in [0.717, 1.165) is 54.4 Å². The zero-order valence-electron chi connectivity index (χ0n) is 11.6. The average molecular weight is 284 g/mol. The smallest absolute Gasteiger partial charge is 0.231 e. The van der Waals surface area contributed by atoms with Gasteiger partial charge < -0.3 is 15.2 Å². The summed E-state index contributed by atoms with van der Waals surface area (Å²) >= 11 is 0. The predicted octanol–water partition coefficient (Wildman–Crippen LogP) is 1.35. The molecule has 21 heavy (non-hydrogen) atoms. The molecular formula is C15H16N4O2. The maximum absolute atomic E-state index is 5.91. The van der Waals surface area contributed by atoms with Gasteiger partial charge >= 0.3 is 0 Å². The Hall–Kier alpha value is -2.34. The molecule has 0 unspecified atom stereocenters. The highest BCUT2D eigenvalue weighted by molar-refractivity contribution is 5.48. The molecule has 2 aliphatic rings. The lowest BCUT2D eigenvalue weighted by Crippen LogP contribution is -2.31. The molecule has 3 heterocycles. The zero-order valence-corrected chi connectivity index (χ0v) is 11.6. The van der Waals surface area contributed by atoms with E-state index in [4.69, 9.17) is 15.2 Å². The SMILES string of the molecule is Nc1ncnc2c1CCN(Cc1cccc3c1OCO3)C2. The molecule has 2 aliphatic heterocycles. The first-order valence-corrected chi connectivity index (χ1v) is 6.99. The van der Waals surface area contributed by atoms with E-state index in [1.54, 1.807) is 0 Å². The Kier molecular flexibility index (Phi) is 2.89. The summed E-state index contributed by atoms with van der Waals surface area (Å²) in [5.74, 6) is 2.30. The standard InChI is InChI=1S/C15H16N4O2/c16-15-11-4-5-19(7-12(11)17-8-18-15)6-10-2-1-3-13-14(10)21-9-20-13/h1-3,8H,4-7,9H2,(H2,16,17,18). The lowest BCUT2D eigenvalue weighted by Gasteiger charge is -2.28. The van der Waals surface area contributed by atoms with Gasteiger partial charge in [-0.25, -0.2) is 9.97 Å². The molecule has 6 heteroatoms. The second-order valence-corrected chi connectivity index (χ2v) is 5.30. The fourth-order valence-corrected chi connectivity index (χ4v) is 2.92. The van der Waals surface area contributed by atoms with Crippen molar-refractivity contribution in [3.63, 3.8) is 0 Å². The zero-order chi connectivity index (χ0) is 14.2. The number of hydrogen-bond acceptors (Lipinski definition) is 6. The van der Waals surface area contributed by atoms with Gasteiger partial charge in [-0.2, -0.15) is 0 Å². The molecule has 0 fully saturated rings. The van der Waals surface area contributed by atoms with Gasteiger partial charge in [-0.3, -0.25) is 4.90 Å². The van der Waals surface area contributed by atoms with E-state index in [-0.39, 0.29) is 0 Å². The first-order chi connectivity index (χ1) is 10.3. The fourth-order valence-electron chi connectivity index (χ4n) is 2.92. The van der Waals surface area contributed by atoms with Crippen molar-refractivity contribution >= 4 is 5.82 Å². The Morgan fingerprint density at radius 1 is 1.24 bits per heavy atom. The summed E-state index contributed by atoms with van der Waals surface area (Å²) in [4.78, 5) is 10.8. The van der Waals surface area contributed by atoms with Crippen LogP contribution in [0.25, 0.3) is 0 Å². The molecule has 0 bridgehead atoms. The van der Waals surface area contributed by atoms with Crippen LogP contribution in [0.2, 0.25) is 0 Å². The molecule has 2 N–H and O–H groups in total. The molecule has 2 aromatic rings. The first kappa shape index (κ1) is 12.4. The molecular weight excluding hydrogens is 268 g/mol. The summed E-state index contributed by atoms with van der Waals surface area (Å²) in [5, 5.41) is 0. The van der Waals surface area contributed by atoms with Crippen LogP contribution < -0.4 is 15.2 Å². The van der Waals surface area contributed by atoms with Crippen molar-refractivity contribution < 1.29 is 9.47 Å². The lowest BCUT2D eigenvalue weighted by atomic mass is 10.0. The lowest BCUT2D eigenvalue weighted by molar-refractivity contribution is 0.171. The van der Waals surface area contributed by atoms with Crippen LogP contribution in [0.4, 0.5) is 5.82 Å². The minimum absolute atomic E-state index is 0.305. The Morgan fingerprint density at radius 2 is 2.19 bits per heavy atom. The number of hydrogen-bond donors (Lipinski definition) is 1. The van der Waals surface area contributed by atoms with E-state index in [1.807, 2.05) is 12.1 Å². The van der Waals surface area contributed by atoms with Gasteiger partial charge in [0.2, 0.25) is 6.79 Å². The summed E-state index contributed by atoms with van der Waals surface area (Å²) in [6.07, 6.45) is 2.42. The number of nitrogens with two attached hydrogens (primary N) is 1. The molecule has 1 aromatic carbocycles. The minimum atomic E-state index is 0.305. The van der Waals surface area contributed by atoms with Crippen LogP contribution >= 0.6 is 0 Å². The van der Waals surface area contributed by atoms with Crippen LogP contribution in [0, 0.1) is 0 Å². The van der Waals surface area contributed by atoms with Crippen molar-refractivity contribution in [2.24, 2.45) is 0 Å². The molecule has 4 rings (SSSR count). The molecule has 0 spiro atoms. The molecule has 0 atom stereocenters. The summed E-state index contributed by atoms with van der Waals surface area (Å²) in [6.45, 7) is 2.84. The normalized spacial score (nSPS) is 16.8. The predicted molar refractivity (Wildman–Crippen MR) is 76.8 cm³/mol. The van der Waals surface area contributed by atoms with Gasteiger partial charge in [-0.1, -0.05) is 12.1 Å². The summed E-state index contributed by atoms with van der Waals surface area (Å²) in [5.41, 5.74) is 9.17. The van der Waals surface area contributed by atoms with Crippen molar-refractivity contribution in [1.82, 2.24) is 14.9 Å². The number of anilines is 1. The second kappa shape index (κ2) is 4.89. The third-order valence-electron chi connectivity index (χ3n) is 3.99. The Morgan fingerprint density at radius 3 is 3.14 bits per heavy atom. The van der Waals surface area contributed by atoms with Gasteiger partial charge in [0.25, 0.3) is 0 Å². The second-order valence-electron chi connectivity index (χ2n) is 5.30. The first-order valence-electron chi connectivity index (χ1n) is 6.99. The van der Waals surface area contributed by atoms with Gasteiger partial charge in [-0.05, 0) is 12.5 Å². The Balaban J connectivity index is 1.56. The highest BCUT2D eigenvalue weighted by Crippen LogP contribution is 2.36. The largest absolute Gasteiger partial charge is 0.454 e. The van der Waals surface area contributed by atoms with Crippen molar-refractivity contribution in [2.75, 3.05) is 19.1 Å². The maximum atomic E-state index is 5.91. The number of ether oxygens (including phenoxy) is 2. The van der Waals surface area contributed by atoms with E-state index in [2.05, 4.69) is 20.9 Å². The summed E-state index contributed by atoms with van der Waals surface area (Å²) in [7, 11) is 0. The van der Waals surface area contributed by atoms with Crippen LogP contribution in [-0.4, -0.2) is 28.2 Å². The molecule has 6 nitrogen and oxygen atoms in total. The number of nitrogen functional groups attached to an aromatic ring is 1. The van der Waals surface area contributed by atoms with Gasteiger partial charge in [0, 0.05) is 30.8 Å². The number of aromatic nitrogens is 2. The maximum Gasteiger partial charge on any atom is 0.231 e. The van der Waals surface area contributed by atoms with E-state index in [0.29, 0.717) is 12.6 Å². The Labute approximate surface area is 122 Å². The van der Waals surface area contributed by atoms with E-state index in [9.17, 15) is 0 Å². The number of rotatable bonds is 2. The number of benzene rings is 1. The highest BCUT2D eigenvalue weighted by Gasteiger charge is 2.23. The monoisotopic (exact) mass is 284 g/mol. The molecule has 1 aromatic heterocycles. The number of fused-ring (bicyclic) bond motifs is 2. The molecule has 108 valence electrons. The van der Waals surface area contributed by atoms with E-state index >= 15 is 0 Å². The van der Waals surface area contributed by atoms with Gasteiger partial charge in [0.1, 0.15) is 12.1 Å². The van der Waals surface area contributed by atoms with Gasteiger partial charge in [0.15, 0.2) is 11.5 Å². The fraction of sp³-hybridized carbons (Fsp3) is 0.333. The van der Waals surface area contributed by atoms with Crippen LogP contribution in [0.1, 0.15) is 16.8 Å². The van der Waals surface area contributed by atoms with Crippen LogP contribution in [0.5, 0.6) is 11.5 Å². The summed E-state index contributed by atoms with van der Waals surface area (Å²) in [6, 6.07) is 6.02. The van der Waals surface area contributed by atoms with Crippen molar-refractivity contribution in [3.8, 4) is 11.5 Å². The van der Waals surface area contributed by atoms with Crippen molar-refractivity contribution in [2.45, 2.75) is 19.5 Å². The third kappa shape index (κ3) is 2.17. The minimum Gasteiger partial charge on any atom is -0.454 e. The molecule has 0 saturated carbocycles. The van der Waals surface area contributed by atoms with E-state index in [1.165, 1.54) is 6.33 Å². The van der Waals surface area contributed by atoms with Crippen LogP contribution in [-0.2, 0) is 19.5 Å². The molecule has 0 radical (unpaired) electrons. The summed E-state index contributed by atoms with van der Waals surface area (Å²) < 4.78 is 11.0. The van der Waals surface area contributed by atoms with Crippen LogP contribution in [0.3, 0.4) is 0 Å². The van der Waals surface area contributed by atoms with Crippen molar-refractivity contribution in [1.29, 1.82) is 0 Å². The topological polar surface area (TPSA) is 73.5 Å². The average Bonchev–Trinajstić information content (AvgIpc) is 2.97.